The molecular weight excluding hydrogens is 192 g/mol. The number of carbonyl (C=O) groups is 1. The van der Waals surface area contributed by atoms with Crippen LogP contribution in [0.2, 0.25) is 0 Å². The van der Waals surface area contributed by atoms with Gasteiger partial charge in [-0.05, 0) is 17.5 Å². The fourth-order valence-electron chi connectivity index (χ4n) is 2.69. The fraction of sp³-hybridized carbons (Fsp3) is 0.417. The van der Waals surface area contributed by atoms with Crippen LogP contribution >= 0.6 is 0 Å². The van der Waals surface area contributed by atoms with Crippen LogP contribution in [0.5, 0.6) is 0 Å². The molecule has 0 amide bonds. The highest BCUT2D eigenvalue weighted by atomic mass is 16.6. The molecule has 3 atom stereocenters. The summed E-state index contributed by atoms with van der Waals surface area (Å²) < 4.78 is 5.32. The molecule has 3 heteroatoms. The van der Waals surface area contributed by atoms with Gasteiger partial charge in [-0.3, -0.25) is 4.79 Å². The van der Waals surface area contributed by atoms with Gasteiger partial charge in [-0.25, -0.2) is 0 Å². The molecule has 1 aromatic rings. The molecule has 1 aromatic carbocycles. The lowest BCUT2D eigenvalue weighted by molar-refractivity contribution is -0.145. The van der Waals surface area contributed by atoms with E-state index >= 15 is 0 Å². The summed E-state index contributed by atoms with van der Waals surface area (Å²) in [5.74, 6) is -0.440. The van der Waals surface area contributed by atoms with E-state index in [2.05, 4.69) is 6.07 Å². The molecule has 1 fully saturated rings. The summed E-state index contributed by atoms with van der Waals surface area (Å²) in [4.78, 5) is 11.4. The zero-order valence-electron chi connectivity index (χ0n) is 8.22. The number of carbonyl (C=O) groups excluding carboxylic acids is 1. The lowest BCUT2D eigenvalue weighted by Crippen LogP contribution is -2.20. The Balaban J connectivity index is 2.01. The maximum Gasteiger partial charge on any atom is 0.312 e. The van der Waals surface area contributed by atoms with E-state index in [0.29, 0.717) is 0 Å². The topological polar surface area (TPSA) is 46.5 Å². The lowest BCUT2D eigenvalue weighted by atomic mass is 9.91. The highest BCUT2D eigenvalue weighted by Crippen LogP contribution is 2.47. The Hall–Kier alpha value is -1.35. The van der Waals surface area contributed by atoms with Gasteiger partial charge in [-0.2, -0.15) is 0 Å². The van der Waals surface area contributed by atoms with Crippen molar-refractivity contribution in [3.63, 3.8) is 0 Å². The first-order valence-electron chi connectivity index (χ1n) is 5.20. The second-order valence-electron chi connectivity index (χ2n) is 4.21. The summed E-state index contributed by atoms with van der Waals surface area (Å²) in [6.45, 7) is -0.103. The first kappa shape index (κ1) is 8.92. The maximum absolute atomic E-state index is 11.4. The van der Waals surface area contributed by atoms with Gasteiger partial charge in [0.05, 0.1) is 12.5 Å². The Labute approximate surface area is 87.7 Å². The van der Waals surface area contributed by atoms with Crippen LogP contribution in [0.3, 0.4) is 0 Å². The van der Waals surface area contributed by atoms with Gasteiger partial charge in [0.15, 0.2) is 0 Å². The average Bonchev–Trinajstić information content (AvgIpc) is 2.72. The molecule has 1 heterocycles. The molecular formula is C12H12O3. The average molecular weight is 204 g/mol. The zero-order valence-corrected chi connectivity index (χ0v) is 8.22. The van der Waals surface area contributed by atoms with Gasteiger partial charge in [0, 0.05) is 5.92 Å². The second kappa shape index (κ2) is 3.07. The third kappa shape index (κ3) is 1.13. The Kier molecular flexibility index (Phi) is 1.83. The quantitative estimate of drug-likeness (QED) is 0.696. The van der Waals surface area contributed by atoms with Gasteiger partial charge >= 0.3 is 5.97 Å². The molecule has 1 aliphatic heterocycles. The van der Waals surface area contributed by atoms with E-state index in [-0.39, 0.29) is 30.5 Å². The highest BCUT2D eigenvalue weighted by molar-refractivity contribution is 5.76. The number of aliphatic hydroxyl groups excluding tert-OH is 1. The van der Waals surface area contributed by atoms with Crippen LogP contribution in [-0.2, 0) is 16.0 Å². The van der Waals surface area contributed by atoms with Crippen molar-refractivity contribution in [1.29, 1.82) is 0 Å². The van der Waals surface area contributed by atoms with Crippen LogP contribution < -0.4 is 0 Å². The maximum atomic E-state index is 11.4. The Bertz CT molecular complexity index is 413. The molecule has 78 valence electrons. The van der Waals surface area contributed by atoms with E-state index in [1.807, 2.05) is 18.2 Å². The fourth-order valence-corrected chi connectivity index (χ4v) is 2.69. The molecule has 3 nitrogen and oxygen atoms in total. The van der Waals surface area contributed by atoms with Gasteiger partial charge in [-0.1, -0.05) is 24.3 Å². The minimum atomic E-state index is -0.331. The standard InChI is InChI=1S/C12H12O3/c13-6-10-9-5-7-3-1-2-4-8(7)11(9)15-12(10)14/h1-4,9-11,13H,5-6H2. The third-order valence-corrected chi connectivity index (χ3v) is 3.47. The second-order valence-corrected chi connectivity index (χ2v) is 4.21. The molecule has 3 rings (SSSR count). The van der Waals surface area contributed by atoms with E-state index < -0.39 is 0 Å². The number of esters is 1. The van der Waals surface area contributed by atoms with Crippen molar-refractivity contribution in [2.24, 2.45) is 11.8 Å². The smallest absolute Gasteiger partial charge is 0.312 e. The summed E-state index contributed by atoms with van der Waals surface area (Å²) >= 11 is 0. The lowest BCUT2D eigenvalue weighted by Gasteiger charge is -2.09. The minimum absolute atomic E-state index is 0.103. The predicted molar refractivity (Wildman–Crippen MR) is 53.0 cm³/mol. The number of aliphatic hydroxyl groups is 1. The molecule has 0 radical (unpaired) electrons. The molecule has 1 saturated heterocycles. The summed E-state index contributed by atoms with van der Waals surface area (Å²) in [6, 6.07) is 8.03. The SMILES string of the molecule is O=C1OC2c3ccccc3CC2C1CO. The molecule has 3 unspecified atom stereocenters. The summed E-state index contributed by atoms with van der Waals surface area (Å²) in [6.07, 6.45) is 0.725. The molecule has 1 N–H and O–H groups in total. The van der Waals surface area contributed by atoms with Gasteiger partial charge in [0.25, 0.3) is 0 Å². The van der Waals surface area contributed by atoms with Gasteiger partial charge in [-0.15, -0.1) is 0 Å². The number of benzene rings is 1. The van der Waals surface area contributed by atoms with Crippen LogP contribution in [0.15, 0.2) is 24.3 Å². The van der Waals surface area contributed by atoms with Crippen LogP contribution in [0, 0.1) is 11.8 Å². The Morgan fingerprint density at radius 1 is 1.40 bits per heavy atom. The zero-order chi connectivity index (χ0) is 10.4. The third-order valence-electron chi connectivity index (χ3n) is 3.47. The first-order valence-corrected chi connectivity index (χ1v) is 5.20. The van der Waals surface area contributed by atoms with Crippen molar-refractivity contribution in [2.75, 3.05) is 6.61 Å². The monoisotopic (exact) mass is 204 g/mol. The van der Waals surface area contributed by atoms with E-state index in [1.165, 1.54) is 5.56 Å². The van der Waals surface area contributed by atoms with Crippen LogP contribution in [0.1, 0.15) is 17.2 Å². The van der Waals surface area contributed by atoms with Gasteiger partial charge in [0.1, 0.15) is 6.10 Å². The number of rotatable bonds is 1. The predicted octanol–water partition coefficient (Wildman–Crippen LogP) is 1.07. The number of ether oxygens (including phenoxy) is 1. The van der Waals surface area contributed by atoms with E-state index in [1.54, 1.807) is 0 Å². The van der Waals surface area contributed by atoms with Crippen molar-refractivity contribution >= 4 is 5.97 Å². The van der Waals surface area contributed by atoms with Crippen molar-refractivity contribution in [3.8, 4) is 0 Å². The van der Waals surface area contributed by atoms with Crippen molar-refractivity contribution in [2.45, 2.75) is 12.5 Å². The van der Waals surface area contributed by atoms with Crippen molar-refractivity contribution in [3.05, 3.63) is 35.4 Å². The molecule has 2 aliphatic rings. The van der Waals surface area contributed by atoms with Crippen LogP contribution in [0.4, 0.5) is 0 Å². The van der Waals surface area contributed by atoms with E-state index in [4.69, 9.17) is 9.84 Å². The minimum Gasteiger partial charge on any atom is -0.457 e. The summed E-state index contributed by atoms with van der Waals surface area (Å²) in [5.41, 5.74) is 2.37. The largest absolute Gasteiger partial charge is 0.457 e. The molecule has 0 spiro atoms. The van der Waals surface area contributed by atoms with E-state index in [0.717, 1.165) is 12.0 Å². The van der Waals surface area contributed by atoms with Crippen LogP contribution in [-0.4, -0.2) is 17.7 Å². The first-order chi connectivity index (χ1) is 7.31. The molecule has 1 aliphatic carbocycles. The van der Waals surface area contributed by atoms with Crippen LogP contribution in [0.25, 0.3) is 0 Å². The molecule has 0 saturated carbocycles. The summed E-state index contributed by atoms with van der Waals surface area (Å²) in [5, 5.41) is 9.16. The Morgan fingerprint density at radius 3 is 3.00 bits per heavy atom. The number of fused-ring (bicyclic) bond motifs is 3. The molecule has 15 heavy (non-hydrogen) atoms. The number of hydrogen-bond acceptors (Lipinski definition) is 3. The van der Waals surface area contributed by atoms with E-state index in [9.17, 15) is 4.79 Å². The molecule has 0 bridgehead atoms. The number of hydrogen-bond donors (Lipinski definition) is 1. The Morgan fingerprint density at radius 2 is 2.20 bits per heavy atom. The normalized spacial score (nSPS) is 32.3. The van der Waals surface area contributed by atoms with Crippen molar-refractivity contribution < 1.29 is 14.6 Å². The van der Waals surface area contributed by atoms with Gasteiger partial charge in [0.2, 0.25) is 0 Å². The highest BCUT2D eigenvalue weighted by Gasteiger charge is 2.48. The van der Waals surface area contributed by atoms with Crippen molar-refractivity contribution in [1.82, 2.24) is 0 Å². The summed E-state index contributed by atoms with van der Waals surface area (Å²) in [7, 11) is 0. The molecule has 0 aromatic heterocycles. The van der Waals surface area contributed by atoms with Gasteiger partial charge < -0.3 is 9.84 Å².